The highest BCUT2D eigenvalue weighted by Gasteiger charge is 2.31. The van der Waals surface area contributed by atoms with Gasteiger partial charge in [-0.3, -0.25) is 10.1 Å². The van der Waals surface area contributed by atoms with Crippen LogP contribution >= 0.6 is 0 Å². The Morgan fingerprint density at radius 3 is 2.39 bits per heavy atom. The van der Waals surface area contributed by atoms with Crippen LogP contribution in [0, 0.1) is 0 Å². The molecule has 2 rings (SSSR count). The van der Waals surface area contributed by atoms with E-state index in [4.69, 9.17) is 9.47 Å². The van der Waals surface area contributed by atoms with Crippen molar-refractivity contribution >= 4 is 11.9 Å². The fourth-order valence-corrected chi connectivity index (χ4v) is 3.05. The molecule has 0 fully saturated rings. The highest BCUT2D eigenvalue weighted by Crippen LogP contribution is 2.29. The summed E-state index contributed by atoms with van der Waals surface area (Å²) >= 11 is 0. The molecule has 0 heterocycles. The number of benzene rings is 2. The number of hydrogen-bond acceptors (Lipinski definition) is 8. The van der Waals surface area contributed by atoms with E-state index in [2.05, 4.69) is 5.32 Å². The summed E-state index contributed by atoms with van der Waals surface area (Å²) in [6.45, 7) is 3.09. The second-order valence-electron chi connectivity index (χ2n) is 7.18. The Kier molecular flexibility index (Phi) is 9.30. The topological polar surface area (TPSA) is 125 Å². The summed E-state index contributed by atoms with van der Waals surface area (Å²) in [5, 5.41) is 33.1. The number of nitrogens with one attached hydrogen (secondary N) is 1. The van der Waals surface area contributed by atoms with Gasteiger partial charge in [0, 0.05) is 6.04 Å². The molecule has 0 aromatic heterocycles. The summed E-state index contributed by atoms with van der Waals surface area (Å²) in [4.78, 5) is 24.2. The normalized spacial score (nSPS) is 13.8. The fourth-order valence-electron chi connectivity index (χ4n) is 3.05. The first-order valence-corrected chi connectivity index (χ1v) is 10.1. The third-order valence-electron chi connectivity index (χ3n) is 4.72. The van der Waals surface area contributed by atoms with Crippen LogP contribution in [0.2, 0.25) is 0 Å². The monoisotopic (exact) mass is 431 g/mol. The molecule has 0 aliphatic carbocycles. The summed E-state index contributed by atoms with van der Waals surface area (Å²) in [6.07, 6.45) is 0.0508. The standard InChI is InChI=1S/C23H29NO7/c1-3-30-20(27)14-31-23(29)21(22(28)17-11-12-18(25)19(26)13-17)24-15(2)9-10-16-7-5-4-6-8-16/h4-8,11-13,15,21-22,24-26,28H,3,9-10,14H2,1-2H3/t15?,21-,22?/m0/s1. The van der Waals surface area contributed by atoms with Gasteiger partial charge in [0.25, 0.3) is 0 Å². The van der Waals surface area contributed by atoms with Crippen LogP contribution in [0.15, 0.2) is 48.5 Å². The molecule has 0 aliphatic rings. The van der Waals surface area contributed by atoms with E-state index in [1.54, 1.807) is 6.92 Å². The summed E-state index contributed by atoms with van der Waals surface area (Å²) in [5.41, 5.74) is 1.35. The van der Waals surface area contributed by atoms with Gasteiger partial charge in [0.05, 0.1) is 6.61 Å². The molecule has 168 valence electrons. The average molecular weight is 431 g/mol. The lowest BCUT2D eigenvalue weighted by Crippen LogP contribution is -2.47. The number of carbonyl (C=O) groups is 2. The van der Waals surface area contributed by atoms with Crippen molar-refractivity contribution in [2.24, 2.45) is 0 Å². The van der Waals surface area contributed by atoms with Gasteiger partial charge in [-0.15, -0.1) is 0 Å². The van der Waals surface area contributed by atoms with Gasteiger partial charge in [-0.1, -0.05) is 36.4 Å². The van der Waals surface area contributed by atoms with Gasteiger partial charge in [-0.05, 0) is 49.9 Å². The molecule has 2 aromatic rings. The zero-order valence-electron chi connectivity index (χ0n) is 17.7. The van der Waals surface area contributed by atoms with Crippen molar-refractivity contribution in [3.05, 3.63) is 59.7 Å². The fraction of sp³-hybridized carbons (Fsp3) is 0.391. The number of esters is 2. The lowest BCUT2D eigenvalue weighted by molar-refractivity contribution is -0.161. The van der Waals surface area contributed by atoms with Crippen molar-refractivity contribution in [2.45, 2.75) is 44.9 Å². The minimum atomic E-state index is -1.39. The van der Waals surface area contributed by atoms with E-state index < -0.39 is 36.4 Å². The smallest absolute Gasteiger partial charge is 0.344 e. The van der Waals surface area contributed by atoms with E-state index in [1.165, 1.54) is 18.2 Å². The zero-order chi connectivity index (χ0) is 22.8. The molecule has 8 heteroatoms. The van der Waals surface area contributed by atoms with Crippen molar-refractivity contribution in [2.75, 3.05) is 13.2 Å². The number of aliphatic hydroxyl groups excluding tert-OH is 1. The predicted octanol–water partition coefficient (Wildman–Crippen LogP) is 2.22. The molecule has 0 saturated carbocycles. The second kappa shape index (κ2) is 11.9. The molecule has 0 saturated heterocycles. The average Bonchev–Trinajstić information content (AvgIpc) is 2.76. The quantitative estimate of drug-likeness (QED) is 0.315. The number of aromatic hydroxyl groups is 2. The minimum Gasteiger partial charge on any atom is -0.504 e. The molecule has 8 nitrogen and oxygen atoms in total. The Labute approximate surface area is 181 Å². The van der Waals surface area contributed by atoms with E-state index in [0.717, 1.165) is 12.0 Å². The zero-order valence-corrected chi connectivity index (χ0v) is 17.7. The van der Waals surface area contributed by atoms with Gasteiger partial charge in [0.1, 0.15) is 12.1 Å². The van der Waals surface area contributed by atoms with Crippen LogP contribution in [0.3, 0.4) is 0 Å². The largest absolute Gasteiger partial charge is 0.504 e. The van der Waals surface area contributed by atoms with Crippen LogP contribution in [0.4, 0.5) is 0 Å². The lowest BCUT2D eigenvalue weighted by Gasteiger charge is -2.26. The van der Waals surface area contributed by atoms with E-state index in [0.29, 0.717) is 6.42 Å². The van der Waals surface area contributed by atoms with Gasteiger partial charge in [-0.2, -0.15) is 0 Å². The van der Waals surface area contributed by atoms with E-state index in [-0.39, 0.29) is 24.0 Å². The Morgan fingerprint density at radius 2 is 1.74 bits per heavy atom. The van der Waals surface area contributed by atoms with Crippen molar-refractivity contribution in [3.63, 3.8) is 0 Å². The van der Waals surface area contributed by atoms with E-state index in [9.17, 15) is 24.9 Å². The summed E-state index contributed by atoms with van der Waals surface area (Å²) in [5.74, 6) is -2.29. The van der Waals surface area contributed by atoms with E-state index >= 15 is 0 Å². The maximum atomic E-state index is 12.7. The van der Waals surface area contributed by atoms with E-state index in [1.807, 2.05) is 37.3 Å². The van der Waals surface area contributed by atoms with Crippen molar-refractivity contribution in [1.82, 2.24) is 5.32 Å². The van der Waals surface area contributed by atoms with Crippen LogP contribution in [0.25, 0.3) is 0 Å². The number of aryl methyl sites for hydroxylation is 1. The first kappa shape index (κ1) is 24.2. The molecular weight excluding hydrogens is 402 g/mol. The van der Waals surface area contributed by atoms with Gasteiger partial charge in [-0.25, -0.2) is 4.79 Å². The molecular formula is C23H29NO7. The molecule has 0 bridgehead atoms. The van der Waals surface area contributed by atoms with Crippen LogP contribution in [0.1, 0.15) is 37.5 Å². The van der Waals surface area contributed by atoms with Gasteiger partial charge in [0.2, 0.25) is 0 Å². The Hall–Kier alpha value is -3.10. The number of ether oxygens (including phenoxy) is 2. The maximum absolute atomic E-state index is 12.7. The highest BCUT2D eigenvalue weighted by molar-refractivity contribution is 5.80. The molecule has 2 unspecified atom stereocenters. The third-order valence-corrected chi connectivity index (χ3v) is 4.72. The number of phenolic OH excluding ortho intramolecular Hbond substituents is 2. The lowest BCUT2D eigenvalue weighted by atomic mass is 9.99. The molecule has 31 heavy (non-hydrogen) atoms. The minimum absolute atomic E-state index is 0.157. The Morgan fingerprint density at radius 1 is 1.03 bits per heavy atom. The van der Waals surface area contributed by atoms with Gasteiger partial charge in [0.15, 0.2) is 18.1 Å². The van der Waals surface area contributed by atoms with Crippen molar-refractivity contribution < 1.29 is 34.4 Å². The highest BCUT2D eigenvalue weighted by atomic mass is 16.6. The van der Waals surface area contributed by atoms with Crippen molar-refractivity contribution in [1.29, 1.82) is 0 Å². The van der Waals surface area contributed by atoms with Crippen molar-refractivity contribution in [3.8, 4) is 11.5 Å². The van der Waals surface area contributed by atoms with Crippen LogP contribution in [-0.4, -0.2) is 52.6 Å². The SMILES string of the molecule is CCOC(=O)COC(=O)[C@@H](NC(C)CCc1ccccc1)C(O)c1ccc(O)c(O)c1. The second-order valence-corrected chi connectivity index (χ2v) is 7.18. The Bertz CT molecular complexity index is 856. The molecule has 0 radical (unpaired) electrons. The first-order valence-electron chi connectivity index (χ1n) is 10.1. The van der Waals surface area contributed by atoms with Crippen LogP contribution < -0.4 is 5.32 Å². The summed E-state index contributed by atoms with van der Waals surface area (Å²) < 4.78 is 9.79. The van der Waals surface area contributed by atoms with Crippen LogP contribution in [-0.2, 0) is 25.5 Å². The number of aliphatic hydroxyl groups is 1. The molecule has 2 aromatic carbocycles. The molecule has 4 N–H and O–H groups in total. The maximum Gasteiger partial charge on any atom is 0.344 e. The molecule has 0 spiro atoms. The predicted molar refractivity (Wildman–Crippen MR) is 113 cm³/mol. The summed E-state index contributed by atoms with van der Waals surface area (Å²) in [7, 11) is 0. The Balaban J connectivity index is 2.10. The molecule has 0 aliphatic heterocycles. The molecule has 3 atom stereocenters. The van der Waals surface area contributed by atoms with Gasteiger partial charge >= 0.3 is 11.9 Å². The number of carbonyl (C=O) groups excluding carboxylic acids is 2. The van der Waals surface area contributed by atoms with Gasteiger partial charge < -0.3 is 24.8 Å². The number of rotatable bonds is 11. The summed E-state index contributed by atoms with van der Waals surface area (Å²) in [6, 6.07) is 12.2. The number of hydrogen-bond donors (Lipinski definition) is 4. The van der Waals surface area contributed by atoms with Crippen LogP contribution in [0.5, 0.6) is 11.5 Å². The first-order chi connectivity index (χ1) is 14.8. The number of phenols is 2. The third kappa shape index (κ3) is 7.58. The molecule has 0 amide bonds.